The lowest BCUT2D eigenvalue weighted by Gasteiger charge is -2.17. The highest BCUT2D eigenvalue weighted by atomic mass is 16.2. The van der Waals surface area contributed by atoms with Crippen molar-refractivity contribution in [1.82, 2.24) is 14.9 Å². The fraction of sp³-hybridized carbons (Fsp3) is 0.750. The number of aromatic nitrogens is 2. The van der Waals surface area contributed by atoms with Gasteiger partial charge in [-0.3, -0.25) is 9.59 Å². The number of carbonyl (C=O) groups is 2. The summed E-state index contributed by atoms with van der Waals surface area (Å²) in [6.45, 7) is 12.0. The van der Waals surface area contributed by atoms with Crippen molar-refractivity contribution < 1.29 is 9.59 Å². The summed E-state index contributed by atoms with van der Waals surface area (Å²) in [7, 11) is 3.51. The number of amides is 2. The minimum absolute atomic E-state index is 0.0543. The van der Waals surface area contributed by atoms with Gasteiger partial charge in [0.15, 0.2) is 0 Å². The van der Waals surface area contributed by atoms with Crippen LogP contribution in [0.5, 0.6) is 0 Å². The van der Waals surface area contributed by atoms with Gasteiger partial charge in [0.1, 0.15) is 12.1 Å². The first-order chi connectivity index (χ1) is 14.5. The largest absolute Gasteiger partial charge is 0.349 e. The van der Waals surface area contributed by atoms with Crippen LogP contribution in [-0.4, -0.2) is 40.8 Å². The Morgan fingerprint density at radius 1 is 0.967 bits per heavy atom. The molecule has 1 aliphatic heterocycles. The van der Waals surface area contributed by atoms with Gasteiger partial charge < -0.3 is 10.2 Å². The summed E-state index contributed by atoms with van der Waals surface area (Å²) in [5, 5.41) is 2.77. The molecule has 1 saturated carbocycles. The third-order valence-corrected chi connectivity index (χ3v) is 4.43. The molecular weight excluding hydrogens is 376 g/mol. The Labute approximate surface area is 185 Å². The van der Waals surface area contributed by atoms with E-state index in [0.717, 1.165) is 30.5 Å². The SMILES string of the molecule is C1CCCC1.CC.CC.CCC(=O)N(C)C.CCCc1ncnc2c1CCC(=O)N2. The van der Waals surface area contributed by atoms with Crippen LogP contribution in [0.15, 0.2) is 6.33 Å². The minimum atomic E-state index is 0.0543. The zero-order valence-corrected chi connectivity index (χ0v) is 20.8. The van der Waals surface area contributed by atoms with Gasteiger partial charge in [-0.25, -0.2) is 9.97 Å². The van der Waals surface area contributed by atoms with Crippen molar-refractivity contribution in [3.8, 4) is 0 Å². The number of rotatable bonds is 3. The zero-order chi connectivity index (χ0) is 23.4. The molecule has 30 heavy (non-hydrogen) atoms. The summed E-state index contributed by atoms with van der Waals surface area (Å²) < 4.78 is 0. The first-order valence-electron chi connectivity index (χ1n) is 11.8. The van der Waals surface area contributed by atoms with E-state index < -0.39 is 0 Å². The van der Waals surface area contributed by atoms with Gasteiger partial charge in [-0.2, -0.15) is 0 Å². The molecule has 0 aromatic carbocycles. The van der Waals surface area contributed by atoms with Crippen LogP contribution in [0.1, 0.15) is 104 Å². The van der Waals surface area contributed by atoms with Crippen LogP contribution in [-0.2, 0) is 22.4 Å². The van der Waals surface area contributed by atoms with Crippen molar-refractivity contribution in [2.24, 2.45) is 0 Å². The molecule has 1 aromatic rings. The van der Waals surface area contributed by atoms with E-state index in [4.69, 9.17) is 0 Å². The number of nitrogens with one attached hydrogen (secondary N) is 1. The van der Waals surface area contributed by atoms with Gasteiger partial charge in [0.2, 0.25) is 11.8 Å². The maximum atomic E-state index is 11.1. The van der Waals surface area contributed by atoms with E-state index in [2.05, 4.69) is 22.2 Å². The summed E-state index contributed by atoms with van der Waals surface area (Å²) in [5.41, 5.74) is 2.20. The van der Waals surface area contributed by atoms with E-state index in [0.29, 0.717) is 18.7 Å². The second-order valence-electron chi connectivity index (χ2n) is 6.86. The second kappa shape index (κ2) is 20.3. The van der Waals surface area contributed by atoms with Crippen LogP contribution in [0.4, 0.5) is 5.82 Å². The van der Waals surface area contributed by atoms with E-state index in [1.807, 2.05) is 34.6 Å². The predicted octanol–water partition coefficient (Wildman–Crippen LogP) is 5.80. The molecule has 0 bridgehead atoms. The van der Waals surface area contributed by atoms with Gasteiger partial charge >= 0.3 is 0 Å². The molecule has 1 aliphatic carbocycles. The average Bonchev–Trinajstić information content (AvgIpc) is 3.37. The molecular formula is C24H46N4O2. The molecule has 0 unspecified atom stereocenters. The molecule has 0 saturated heterocycles. The molecule has 6 nitrogen and oxygen atoms in total. The maximum Gasteiger partial charge on any atom is 0.225 e. The van der Waals surface area contributed by atoms with Crippen molar-refractivity contribution in [3.63, 3.8) is 0 Å². The summed E-state index contributed by atoms with van der Waals surface area (Å²) in [5.74, 6) is 0.943. The summed E-state index contributed by atoms with van der Waals surface area (Å²) in [6, 6.07) is 0. The van der Waals surface area contributed by atoms with Crippen molar-refractivity contribution in [1.29, 1.82) is 0 Å². The number of aryl methyl sites for hydroxylation is 1. The first kappa shape index (κ1) is 30.2. The number of hydrogen-bond acceptors (Lipinski definition) is 4. The average molecular weight is 423 g/mol. The molecule has 2 amide bonds. The van der Waals surface area contributed by atoms with E-state index in [1.165, 1.54) is 38.4 Å². The van der Waals surface area contributed by atoms with Gasteiger partial charge in [-0.15, -0.1) is 0 Å². The molecule has 174 valence electrons. The lowest BCUT2D eigenvalue weighted by atomic mass is 10.0. The molecule has 3 rings (SSSR count). The molecule has 1 fully saturated rings. The lowest BCUT2D eigenvalue weighted by Crippen LogP contribution is -2.21. The Hall–Kier alpha value is -1.98. The van der Waals surface area contributed by atoms with Crippen LogP contribution >= 0.6 is 0 Å². The van der Waals surface area contributed by atoms with Gasteiger partial charge in [-0.1, -0.05) is 80.1 Å². The monoisotopic (exact) mass is 422 g/mol. The number of hydrogen-bond donors (Lipinski definition) is 1. The normalized spacial score (nSPS) is 13.3. The third-order valence-electron chi connectivity index (χ3n) is 4.43. The Kier molecular flexibility index (Phi) is 20.4. The van der Waals surface area contributed by atoms with Gasteiger partial charge in [0.25, 0.3) is 0 Å². The summed E-state index contributed by atoms with van der Waals surface area (Å²) in [6.07, 6.45) is 13.0. The van der Waals surface area contributed by atoms with Gasteiger partial charge in [-0.05, 0) is 12.8 Å². The highest BCUT2D eigenvalue weighted by molar-refractivity contribution is 5.92. The standard InChI is InChI=1S/C10H13N3O.C5H11NO.C5H10.2C2H6/c1-2-3-8-7-4-5-9(14)13-10(7)12-6-11-8;1-4-5(7)6(2)3;1-2-4-5-3-1;2*1-2/h6H,2-5H2,1H3,(H,11,12,13,14);4H2,1-3H3;1-5H2;2*1-2H3. The van der Waals surface area contributed by atoms with Crippen LogP contribution < -0.4 is 5.32 Å². The number of carbonyl (C=O) groups excluding carboxylic acids is 2. The minimum Gasteiger partial charge on any atom is -0.349 e. The van der Waals surface area contributed by atoms with Gasteiger partial charge in [0, 0.05) is 38.2 Å². The molecule has 0 spiro atoms. The molecule has 2 heterocycles. The fourth-order valence-corrected chi connectivity index (χ4v) is 2.90. The number of nitrogens with zero attached hydrogens (tertiary/aromatic N) is 3. The molecule has 1 aromatic heterocycles. The number of anilines is 1. The van der Waals surface area contributed by atoms with E-state index in [9.17, 15) is 9.59 Å². The topological polar surface area (TPSA) is 75.2 Å². The molecule has 2 aliphatic rings. The summed E-state index contributed by atoms with van der Waals surface area (Å²) in [4.78, 5) is 31.5. The highest BCUT2D eigenvalue weighted by Gasteiger charge is 2.18. The Morgan fingerprint density at radius 2 is 1.50 bits per heavy atom. The first-order valence-corrected chi connectivity index (χ1v) is 11.8. The van der Waals surface area contributed by atoms with E-state index in [1.54, 1.807) is 19.0 Å². The van der Waals surface area contributed by atoms with Crippen molar-refractivity contribution >= 4 is 17.6 Å². The van der Waals surface area contributed by atoms with Crippen molar-refractivity contribution in [2.75, 3.05) is 19.4 Å². The Bertz CT molecular complexity index is 563. The third kappa shape index (κ3) is 13.3. The molecule has 0 atom stereocenters. The highest BCUT2D eigenvalue weighted by Crippen LogP contribution is 2.22. The van der Waals surface area contributed by atoms with Crippen LogP contribution in [0.25, 0.3) is 0 Å². The van der Waals surface area contributed by atoms with Gasteiger partial charge in [0.05, 0.1) is 0 Å². The second-order valence-corrected chi connectivity index (χ2v) is 6.86. The molecule has 6 heteroatoms. The van der Waals surface area contributed by atoms with Crippen molar-refractivity contribution in [3.05, 3.63) is 17.6 Å². The lowest BCUT2D eigenvalue weighted by molar-refractivity contribution is -0.128. The Balaban J connectivity index is 0. The quantitative estimate of drug-likeness (QED) is 0.668. The molecule has 0 radical (unpaired) electrons. The molecule has 1 N–H and O–H groups in total. The van der Waals surface area contributed by atoms with Crippen LogP contribution in [0.2, 0.25) is 0 Å². The predicted molar refractivity (Wildman–Crippen MR) is 128 cm³/mol. The van der Waals surface area contributed by atoms with Crippen molar-refractivity contribution in [2.45, 2.75) is 106 Å². The fourth-order valence-electron chi connectivity index (χ4n) is 2.90. The smallest absolute Gasteiger partial charge is 0.225 e. The van der Waals surface area contributed by atoms with E-state index >= 15 is 0 Å². The van der Waals surface area contributed by atoms with Crippen LogP contribution in [0, 0.1) is 0 Å². The van der Waals surface area contributed by atoms with Crippen LogP contribution in [0.3, 0.4) is 0 Å². The van der Waals surface area contributed by atoms with E-state index in [-0.39, 0.29) is 11.8 Å². The Morgan fingerprint density at radius 3 is 1.90 bits per heavy atom. The maximum absolute atomic E-state index is 11.1. The zero-order valence-electron chi connectivity index (χ0n) is 20.8. The number of fused-ring (bicyclic) bond motifs is 1. The summed E-state index contributed by atoms with van der Waals surface area (Å²) >= 11 is 0.